The van der Waals surface area contributed by atoms with Crippen LogP contribution in [-0.2, 0) is 9.22 Å². The van der Waals surface area contributed by atoms with E-state index in [1.165, 1.54) is 0 Å². The predicted molar refractivity (Wildman–Crippen MR) is 82.2 cm³/mol. The van der Waals surface area contributed by atoms with Crippen molar-refractivity contribution in [3.8, 4) is 0 Å². The maximum atomic E-state index is 12.1. The lowest BCUT2D eigenvalue weighted by atomic mass is 10.3. The average Bonchev–Trinajstić information content (AvgIpc) is 2.72. The second-order valence-electron chi connectivity index (χ2n) is 5.15. The Morgan fingerprint density at radius 3 is 2.15 bits per heavy atom. The molecule has 102 valence electrons. The summed E-state index contributed by atoms with van der Waals surface area (Å²) < 4.78 is 8.01. The standard InChI is InChI=1S/C16H17NO2Si/c1-13-16(18)19-20(2,15-11-7-4-8-12-15)17(13)14-9-5-3-6-10-14/h3-13H,1-2H3. The molecule has 1 saturated heterocycles. The lowest BCUT2D eigenvalue weighted by molar-refractivity contribution is -0.133. The molecule has 1 fully saturated rings. The molecule has 1 heterocycles. The second kappa shape index (κ2) is 4.79. The molecule has 0 bridgehead atoms. The largest absolute Gasteiger partial charge is 0.494 e. The Morgan fingerprint density at radius 2 is 1.55 bits per heavy atom. The van der Waals surface area contributed by atoms with Gasteiger partial charge >= 0.3 is 14.4 Å². The van der Waals surface area contributed by atoms with Gasteiger partial charge in [0.05, 0.1) is 0 Å². The summed E-state index contributed by atoms with van der Waals surface area (Å²) in [6.45, 7) is 3.99. The van der Waals surface area contributed by atoms with E-state index in [0.717, 1.165) is 10.9 Å². The van der Waals surface area contributed by atoms with E-state index in [-0.39, 0.29) is 12.0 Å². The third-order valence-corrected chi connectivity index (χ3v) is 7.40. The van der Waals surface area contributed by atoms with Crippen LogP contribution in [0.5, 0.6) is 0 Å². The van der Waals surface area contributed by atoms with Gasteiger partial charge in [0.1, 0.15) is 6.04 Å². The first-order chi connectivity index (χ1) is 9.63. The van der Waals surface area contributed by atoms with Gasteiger partial charge in [-0.25, -0.2) is 0 Å². The van der Waals surface area contributed by atoms with Gasteiger partial charge in [0.2, 0.25) is 0 Å². The quantitative estimate of drug-likeness (QED) is 0.793. The number of para-hydroxylation sites is 1. The normalized spacial score (nSPS) is 25.6. The van der Waals surface area contributed by atoms with E-state index in [0.29, 0.717) is 0 Å². The summed E-state index contributed by atoms with van der Waals surface area (Å²) in [6, 6.07) is 19.9. The first-order valence-corrected chi connectivity index (χ1v) is 9.11. The predicted octanol–water partition coefficient (Wildman–Crippen LogP) is 2.42. The second-order valence-corrected chi connectivity index (χ2v) is 8.38. The summed E-state index contributed by atoms with van der Waals surface area (Å²) in [5.41, 5.74) is 1.05. The van der Waals surface area contributed by atoms with Crippen molar-refractivity contribution < 1.29 is 9.22 Å². The van der Waals surface area contributed by atoms with Crippen LogP contribution in [0.25, 0.3) is 0 Å². The van der Waals surface area contributed by atoms with Crippen molar-refractivity contribution in [3.63, 3.8) is 0 Å². The highest BCUT2D eigenvalue weighted by Crippen LogP contribution is 2.30. The van der Waals surface area contributed by atoms with Gasteiger partial charge < -0.3 is 8.99 Å². The van der Waals surface area contributed by atoms with Crippen LogP contribution in [0.1, 0.15) is 6.92 Å². The minimum atomic E-state index is -2.47. The summed E-state index contributed by atoms with van der Waals surface area (Å²) >= 11 is 0. The summed E-state index contributed by atoms with van der Waals surface area (Å²) in [6.07, 6.45) is 0. The van der Waals surface area contributed by atoms with Crippen molar-refractivity contribution in [2.24, 2.45) is 0 Å². The number of nitrogens with zero attached hydrogens (tertiary/aromatic N) is 1. The third-order valence-electron chi connectivity index (χ3n) is 3.83. The molecule has 1 aliphatic rings. The summed E-state index contributed by atoms with van der Waals surface area (Å²) in [4.78, 5) is 12.1. The number of anilines is 1. The number of hydrogen-bond acceptors (Lipinski definition) is 3. The van der Waals surface area contributed by atoms with E-state index in [1.54, 1.807) is 0 Å². The maximum absolute atomic E-state index is 12.1. The lowest BCUT2D eigenvalue weighted by Gasteiger charge is -2.33. The number of benzene rings is 2. The Morgan fingerprint density at radius 1 is 1.00 bits per heavy atom. The fourth-order valence-electron chi connectivity index (χ4n) is 2.81. The first kappa shape index (κ1) is 12.9. The SMILES string of the molecule is CC1C(=O)O[Si](C)(c2ccccc2)N1c1ccccc1. The molecule has 0 saturated carbocycles. The first-order valence-electron chi connectivity index (χ1n) is 6.76. The third kappa shape index (κ3) is 1.93. The van der Waals surface area contributed by atoms with E-state index in [4.69, 9.17) is 4.43 Å². The summed E-state index contributed by atoms with van der Waals surface area (Å²) in [7, 11) is -2.47. The molecule has 0 spiro atoms. The molecule has 20 heavy (non-hydrogen) atoms. The molecule has 2 aromatic carbocycles. The van der Waals surface area contributed by atoms with E-state index in [1.807, 2.05) is 67.6 Å². The van der Waals surface area contributed by atoms with E-state index < -0.39 is 8.48 Å². The van der Waals surface area contributed by atoms with Crippen molar-refractivity contribution in [1.29, 1.82) is 0 Å². The monoisotopic (exact) mass is 283 g/mol. The number of hydrogen-bond donors (Lipinski definition) is 0. The van der Waals surface area contributed by atoms with Gasteiger partial charge in [-0.15, -0.1) is 0 Å². The number of carbonyl (C=O) groups excluding carboxylic acids is 1. The molecule has 3 nitrogen and oxygen atoms in total. The molecule has 0 aromatic heterocycles. The van der Waals surface area contributed by atoms with Crippen LogP contribution in [0.4, 0.5) is 5.69 Å². The fourth-order valence-corrected chi connectivity index (χ4v) is 6.16. The van der Waals surface area contributed by atoms with Crippen molar-refractivity contribution in [1.82, 2.24) is 0 Å². The maximum Gasteiger partial charge on any atom is 0.394 e. The van der Waals surface area contributed by atoms with Crippen LogP contribution >= 0.6 is 0 Å². The Labute approximate surface area is 120 Å². The fraction of sp³-hybridized carbons (Fsp3) is 0.188. The highest BCUT2D eigenvalue weighted by atomic mass is 28.4. The van der Waals surface area contributed by atoms with Gasteiger partial charge in [-0.1, -0.05) is 48.5 Å². The average molecular weight is 283 g/mol. The molecule has 1 aliphatic heterocycles. The van der Waals surface area contributed by atoms with Crippen molar-refractivity contribution >= 4 is 25.3 Å². The molecular weight excluding hydrogens is 266 g/mol. The van der Waals surface area contributed by atoms with Crippen LogP contribution < -0.4 is 9.75 Å². The van der Waals surface area contributed by atoms with Gasteiger partial charge in [0.15, 0.2) is 0 Å². The van der Waals surface area contributed by atoms with Crippen molar-refractivity contribution in [3.05, 3.63) is 60.7 Å². The zero-order valence-corrected chi connectivity index (χ0v) is 12.6. The molecular formula is C16H17NO2Si. The molecule has 2 atom stereocenters. The number of rotatable bonds is 2. The van der Waals surface area contributed by atoms with Crippen LogP contribution in [0.2, 0.25) is 6.55 Å². The highest BCUT2D eigenvalue weighted by Gasteiger charge is 2.53. The van der Waals surface area contributed by atoms with Gasteiger partial charge in [0.25, 0.3) is 0 Å². The highest BCUT2D eigenvalue weighted by molar-refractivity contribution is 6.91. The topological polar surface area (TPSA) is 29.5 Å². The van der Waals surface area contributed by atoms with Gasteiger partial charge in [-0.2, -0.15) is 0 Å². The molecule has 2 unspecified atom stereocenters. The Hall–Kier alpha value is -2.07. The molecule has 2 aromatic rings. The van der Waals surface area contributed by atoms with Gasteiger partial charge in [-0.05, 0) is 30.8 Å². The molecule has 0 radical (unpaired) electrons. The zero-order chi connectivity index (χ0) is 14.2. The van der Waals surface area contributed by atoms with Crippen molar-refractivity contribution in [2.75, 3.05) is 4.57 Å². The Kier molecular flexibility index (Phi) is 3.10. The van der Waals surface area contributed by atoms with Crippen molar-refractivity contribution in [2.45, 2.75) is 19.5 Å². The summed E-state index contributed by atoms with van der Waals surface area (Å²) in [5.74, 6) is -0.133. The van der Waals surface area contributed by atoms with E-state index in [9.17, 15) is 4.79 Å². The van der Waals surface area contributed by atoms with Crippen LogP contribution in [0, 0.1) is 0 Å². The summed E-state index contributed by atoms with van der Waals surface area (Å²) in [5, 5.41) is 1.11. The molecule has 4 heteroatoms. The minimum Gasteiger partial charge on any atom is -0.494 e. The minimum absolute atomic E-state index is 0.133. The van der Waals surface area contributed by atoms with Gasteiger partial charge in [-0.3, -0.25) is 4.79 Å². The smallest absolute Gasteiger partial charge is 0.394 e. The molecule has 0 aliphatic carbocycles. The van der Waals surface area contributed by atoms with Crippen LogP contribution in [-0.4, -0.2) is 20.5 Å². The Bertz CT molecular complexity index is 617. The molecule has 0 amide bonds. The van der Waals surface area contributed by atoms with Crippen LogP contribution in [0.3, 0.4) is 0 Å². The van der Waals surface area contributed by atoms with Crippen LogP contribution in [0.15, 0.2) is 60.7 Å². The van der Waals surface area contributed by atoms with E-state index >= 15 is 0 Å². The lowest BCUT2D eigenvalue weighted by Crippen LogP contribution is -2.59. The zero-order valence-electron chi connectivity index (χ0n) is 11.6. The molecule has 0 N–H and O–H groups in total. The Balaban J connectivity index is 2.11. The van der Waals surface area contributed by atoms with Gasteiger partial charge in [0, 0.05) is 5.69 Å². The molecule has 3 rings (SSSR count). The number of carbonyl (C=O) groups is 1. The van der Waals surface area contributed by atoms with E-state index in [2.05, 4.69) is 11.1 Å².